The Morgan fingerprint density at radius 1 is 1.50 bits per heavy atom. The third-order valence-corrected chi connectivity index (χ3v) is 4.02. The Kier molecular flexibility index (Phi) is 2.94. The number of allylic oxidation sites excluding steroid dienone is 2. The number of rotatable bonds is 4. The maximum Gasteiger partial charge on any atom is 0.229 e. The number of hydrogen-bond donors (Lipinski definition) is 2. The molecule has 96 valence electrons. The van der Waals surface area contributed by atoms with Crippen molar-refractivity contribution in [2.75, 3.05) is 5.32 Å². The molecule has 3 rings (SSSR count). The van der Waals surface area contributed by atoms with E-state index < -0.39 is 0 Å². The molecular formula is C14H19N3O. The van der Waals surface area contributed by atoms with Crippen LogP contribution in [0.1, 0.15) is 31.9 Å². The van der Waals surface area contributed by atoms with Crippen LogP contribution in [0, 0.1) is 17.8 Å². The number of anilines is 1. The van der Waals surface area contributed by atoms with Crippen LogP contribution in [-0.4, -0.2) is 16.1 Å². The molecular weight excluding hydrogens is 226 g/mol. The van der Waals surface area contributed by atoms with Crippen LogP contribution in [0.2, 0.25) is 0 Å². The van der Waals surface area contributed by atoms with Crippen molar-refractivity contribution in [3.63, 3.8) is 0 Å². The van der Waals surface area contributed by atoms with E-state index in [2.05, 4.69) is 34.6 Å². The SMILES string of the molecule is CCCc1cc(NC(=O)C2CC3C=CC2C3)n[nH]1. The molecule has 1 amide bonds. The topological polar surface area (TPSA) is 57.8 Å². The lowest BCUT2D eigenvalue weighted by Gasteiger charge is -2.16. The third kappa shape index (κ3) is 2.07. The second-order valence-electron chi connectivity index (χ2n) is 5.40. The van der Waals surface area contributed by atoms with Crippen molar-refractivity contribution in [3.8, 4) is 0 Å². The van der Waals surface area contributed by atoms with Gasteiger partial charge in [0.25, 0.3) is 0 Å². The summed E-state index contributed by atoms with van der Waals surface area (Å²) >= 11 is 0. The van der Waals surface area contributed by atoms with Crippen molar-refractivity contribution < 1.29 is 4.79 Å². The molecule has 1 heterocycles. The highest BCUT2D eigenvalue weighted by Crippen LogP contribution is 2.43. The number of aromatic nitrogens is 2. The summed E-state index contributed by atoms with van der Waals surface area (Å²) in [5, 5.41) is 10.0. The lowest BCUT2D eigenvalue weighted by atomic mass is 9.93. The van der Waals surface area contributed by atoms with Gasteiger partial charge in [0.2, 0.25) is 5.91 Å². The summed E-state index contributed by atoms with van der Waals surface area (Å²) in [5.74, 6) is 2.01. The average molecular weight is 245 g/mol. The zero-order valence-electron chi connectivity index (χ0n) is 10.6. The molecule has 1 aromatic rings. The van der Waals surface area contributed by atoms with Gasteiger partial charge < -0.3 is 5.32 Å². The molecule has 3 atom stereocenters. The van der Waals surface area contributed by atoms with Crippen LogP contribution >= 0.6 is 0 Å². The van der Waals surface area contributed by atoms with Gasteiger partial charge in [0.1, 0.15) is 0 Å². The van der Waals surface area contributed by atoms with Crippen LogP contribution in [0.5, 0.6) is 0 Å². The maximum absolute atomic E-state index is 12.2. The smallest absolute Gasteiger partial charge is 0.229 e. The normalized spacial score (nSPS) is 28.8. The molecule has 3 unspecified atom stereocenters. The van der Waals surface area contributed by atoms with E-state index in [1.165, 1.54) is 0 Å². The van der Waals surface area contributed by atoms with Crippen molar-refractivity contribution in [2.45, 2.75) is 32.6 Å². The number of aryl methyl sites for hydroxylation is 1. The fraction of sp³-hybridized carbons (Fsp3) is 0.571. The average Bonchev–Trinajstić information content (AvgIpc) is 3.05. The van der Waals surface area contributed by atoms with Gasteiger partial charge in [-0.1, -0.05) is 25.5 Å². The van der Waals surface area contributed by atoms with E-state index in [0.717, 1.165) is 31.4 Å². The zero-order valence-corrected chi connectivity index (χ0v) is 10.6. The van der Waals surface area contributed by atoms with Gasteiger partial charge in [-0.25, -0.2) is 0 Å². The summed E-state index contributed by atoms with van der Waals surface area (Å²) < 4.78 is 0. The summed E-state index contributed by atoms with van der Waals surface area (Å²) in [5.41, 5.74) is 1.08. The Morgan fingerprint density at radius 3 is 3.06 bits per heavy atom. The van der Waals surface area contributed by atoms with Gasteiger partial charge in [0.05, 0.1) is 0 Å². The summed E-state index contributed by atoms with van der Waals surface area (Å²) in [7, 11) is 0. The van der Waals surface area contributed by atoms with E-state index in [1.54, 1.807) is 0 Å². The molecule has 1 aromatic heterocycles. The molecule has 2 N–H and O–H groups in total. The van der Waals surface area contributed by atoms with Crippen LogP contribution in [0.4, 0.5) is 5.82 Å². The van der Waals surface area contributed by atoms with E-state index in [4.69, 9.17) is 0 Å². The molecule has 0 aromatic carbocycles. The molecule has 0 saturated heterocycles. The molecule has 0 spiro atoms. The Bertz CT molecular complexity index is 477. The Morgan fingerprint density at radius 2 is 2.39 bits per heavy atom. The molecule has 4 nitrogen and oxygen atoms in total. The van der Waals surface area contributed by atoms with Gasteiger partial charge in [0.15, 0.2) is 5.82 Å². The molecule has 2 aliphatic rings. The van der Waals surface area contributed by atoms with Gasteiger partial charge in [-0.15, -0.1) is 0 Å². The van der Waals surface area contributed by atoms with Crippen molar-refractivity contribution in [3.05, 3.63) is 23.9 Å². The number of H-pyrrole nitrogens is 1. The maximum atomic E-state index is 12.2. The number of hydrogen-bond acceptors (Lipinski definition) is 2. The highest BCUT2D eigenvalue weighted by atomic mass is 16.2. The third-order valence-electron chi connectivity index (χ3n) is 4.02. The fourth-order valence-corrected chi connectivity index (χ4v) is 3.12. The Balaban J connectivity index is 1.62. The number of carbonyl (C=O) groups is 1. The number of carbonyl (C=O) groups excluding carboxylic acids is 1. The van der Waals surface area contributed by atoms with Crippen LogP contribution < -0.4 is 5.32 Å². The molecule has 1 fully saturated rings. The molecule has 0 aliphatic heterocycles. The Hall–Kier alpha value is -1.58. The molecule has 2 bridgehead atoms. The number of nitrogens with zero attached hydrogens (tertiary/aromatic N) is 1. The lowest BCUT2D eigenvalue weighted by Crippen LogP contribution is -2.26. The minimum Gasteiger partial charge on any atom is -0.309 e. The standard InChI is InChI=1S/C14H19N3O/c1-2-3-11-8-13(17-16-11)15-14(18)12-7-9-4-5-10(12)6-9/h4-5,8-10,12H,2-3,6-7H2,1H3,(H2,15,16,17,18). The van der Waals surface area contributed by atoms with E-state index in [1.807, 2.05) is 6.07 Å². The van der Waals surface area contributed by atoms with Gasteiger partial charge in [-0.2, -0.15) is 5.10 Å². The number of amides is 1. The quantitative estimate of drug-likeness (QED) is 0.801. The van der Waals surface area contributed by atoms with Crippen LogP contribution in [0.15, 0.2) is 18.2 Å². The molecule has 18 heavy (non-hydrogen) atoms. The second kappa shape index (κ2) is 4.59. The number of fused-ring (bicyclic) bond motifs is 2. The van der Waals surface area contributed by atoms with E-state index in [9.17, 15) is 4.79 Å². The van der Waals surface area contributed by atoms with Gasteiger partial charge >= 0.3 is 0 Å². The zero-order chi connectivity index (χ0) is 12.5. The summed E-state index contributed by atoms with van der Waals surface area (Å²) in [6.07, 6.45) is 8.65. The Labute approximate surface area is 107 Å². The highest BCUT2D eigenvalue weighted by molar-refractivity contribution is 5.92. The molecule has 0 radical (unpaired) electrons. The lowest BCUT2D eigenvalue weighted by molar-refractivity contribution is -0.120. The van der Waals surface area contributed by atoms with Crippen molar-refractivity contribution in [1.82, 2.24) is 10.2 Å². The van der Waals surface area contributed by atoms with Crippen LogP contribution in [0.25, 0.3) is 0 Å². The summed E-state index contributed by atoms with van der Waals surface area (Å²) in [6.45, 7) is 2.13. The second-order valence-corrected chi connectivity index (χ2v) is 5.40. The van der Waals surface area contributed by atoms with Crippen molar-refractivity contribution in [1.29, 1.82) is 0 Å². The van der Waals surface area contributed by atoms with E-state index in [0.29, 0.717) is 17.7 Å². The summed E-state index contributed by atoms with van der Waals surface area (Å²) in [4.78, 5) is 12.2. The number of aromatic amines is 1. The van der Waals surface area contributed by atoms with Crippen LogP contribution in [-0.2, 0) is 11.2 Å². The van der Waals surface area contributed by atoms with Gasteiger partial charge in [-0.05, 0) is 31.1 Å². The molecule has 2 aliphatic carbocycles. The van der Waals surface area contributed by atoms with Gasteiger partial charge in [0, 0.05) is 17.7 Å². The highest BCUT2D eigenvalue weighted by Gasteiger charge is 2.39. The van der Waals surface area contributed by atoms with E-state index >= 15 is 0 Å². The molecule has 4 heteroatoms. The first-order valence-corrected chi connectivity index (χ1v) is 6.79. The fourth-order valence-electron chi connectivity index (χ4n) is 3.12. The minimum atomic E-state index is 0.126. The number of nitrogens with one attached hydrogen (secondary N) is 2. The monoisotopic (exact) mass is 245 g/mol. The first kappa shape index (κ1) is 11.5. The van der Waals surface area contributed by atoms with E-state index in [-0.39, 0.29) is 11.8 Å². The predicted molar refractivity (Wildman–Crippen MR) is 70.1 cm³/mol. The van der Waals surface area contributed by atoms with Crippen molar-refractivity contribution >= 4 is 11.7 Å². The summed E-state index contributed by atoms with van der Waals surface area (Å²) in [6, 6.07) is 1.93. The van der Waals surface area contributed by atoms with Crippen LogP contribution in [0.3, 0.4) is 0 Å². The van der Waals surface area contributed by atoms with Gasteiger partial charge in [-0.3, -0.25) is 9.89 Å². The first-order chi connectivity index (χ1) is 8.76. The largest absolute Gasteiger partial charge is 0.309 e. The predicted octanol–water partition coefficient (Wildman–Crippen LogP) is 2.51. The molecule has 1 saturated carbocycles. The first-order valence-electron chi connectivity index (χ1n) is 6.79. The van der Waals surface area contributed by atoms with Crippen molar-refractivity contribution in [2.24, 2.45) is 17.8 Å². The minimum absolute atomic E-state index is 0.126.